The number of nitrogens with two attached hydrogens (primary N) is 1. The number of hydrogen-bond donors (Lipinski definition) is 5. The monoisotopic (exact) mass is 573 g/mol. The zero-order chi connectivity index (χ0) is 27.9. The summed E-state index contributed by atoms with van der Waals surface area (Å²) in [6.45, 7) is 1.56. The molecule has 0 aromatic heterocycles. The van der Waals surface area contributed by atoms with Crippen molar-refractivity contribution >= 4 is 22.2 Å². The van der Waals surface area contributed by atoms with Gasteiger partial charge in [-0.05, 0) is 68.1 Å². The normalized spacial score (nSPS) is 24.2. The number of hydrogen-bond acceptors (Lipinski definition) is 7. The van der Waals surface area contributed by atoms with Crippen LogP contribution >= 0.6 is 0 Å². The largest absolute Gasteiger partial charge is 0.412 e. The lowest BCUT2D eigenvalue weighted by atomic mass is 9.84. The van der Waals surface area contributed by atoms with E-state index in [1.807, 2.05) is 12.1 Å². The summed E-state index contributed by atoms with van der Waals surface area (Å²) in [7, 11) is -4.67. The molecule has 1 aromatic rings. The predicted molar refractivity (Wildman–Crippen MR) is 144 cm³/mol. The van der Waals surface area contributed by atoms with E-state index in [9.17, 15) is 19.8 Å². The van der Waals surface area contributed by atoms with Crippen molar-refractivity contribution < 1.29 is 42.8 Å². The van der Waals surface area contributed by atoms with Crippen molar-refractivity contribution in [3.8, 4) is 0 Å². The van der Waals surface area contributed by atoms with Gasteiger partial charge in [-0.1, -0.05) is 31.4 Å². The lowest BCUT2D eigenvalue weighted by molar-refractivity contribution is -0.143. The van der Waals surface area contributed by atoms with Crippen molar-refractivity contribution in [1.82, 2.24) is 9.80 Å². The average Bonchev–Trinajstić information content (AvgIpc) is 3.11. The fourth-order valence-electron chi connectivity index (χ4n) is 6.36. The van der Waals surface area contributed by atoms with Crippen LogP contribution in [0, 0.1) is 5.92 Å². The van der Waals surface area contributed by atoms with Gasteiger partial charge in [0.15, 0.2) is 6.10 Å². The van der Waals surface area contributed by atoms with E-state index >= 15 is 0 Å². The molecule has 2 bridgehead atoms. The Balaban J connectivity index is 0.000000816. The van der Waals surface area contributed by atoms with Crippen LogP contribution in [0.15, 0.2) is 24.3 Å². The molecular formula is C26H43N3O9S. The molecule has 3 aliphatic rings. The second kappa shape index (κ2) is 15.0. The highest BCUT2D eigenvalue weighted by Gasteiger charge is 2.41. The standard InChI is InChI=1S/C26H39N3O4.H2O4S.H2O/c27-25(32)20-8-4-7-19(13-20)21-14-22-9-10-23(15-21)29(22)12-11-28(26(33)24(31)17-30)16-18-5-2-1-3-6-18;1-5(2,3)4;/h4,7-8,13,18,21-24,30-31H,1-3,5-6,9-12,14-17H2,(H2,27,32);(H2,1,2,3,4);1H2/t21-,22+,23-,24-;;/m0../s1. The van der Waals surface area contributed by atoms with Crippen molar-refractivity contribution in [3.63, 3.8) is 0 Å². The summed E-state index contributed by atoms with van der Waals surface area (Å²) in [5, 5.41) is 19.3. The smallest absolute Gasteiger partial charge is 0.394 e. The molecule has 13 heteroatoms. The summed E-state index contributed by atoms with van der Waals surface area (Å²) in [6.07, 6.45) is 9.06. The van der Waals surface area contributed by atoms with Gasteiger partial charge >= 0.3 is 10.4 Å². The first-order chi connectivity index (χ1) is 18.0. The van der Waals surface area contributed by atoms with Crippen LogP contribution in [0.5, 0.6) is 0 Å². The minimum atomic E-state index is -4.67. The van der Waals surface area contributed by atoms with E-state index < -0.39 is 23.1 Å². The fraction of sp³-hybridized carbons (Fsp3) is 0.692. The number of carbonyl (C=O) groups is 2. The number of benzene rings is 1. The summed E-state index contributed by atoms with van der Waals surface area (Å²) < 4.78 is 31.6. The fourth-order valence-corrected chi connectivity index (χ4v) is 6.36. The van der Waals surface area contributed by atoms with Gasteiger partial charge in [-0.15, -0.1) is 0 Å². The molecule has 0 radical (unpaired) electrons. The Bertz CT molecular complexity index is 1030. The van der Waals surface area contributed by atoms with E-state index in [2.05, 4.69) is 11.0 Å². The van der Waals surface area contributed by atoms with Gasteiger partial charge < -0.3 is 26.3 Å². The van der Waals surface area contributed by atoms with Crippen molar-refractivity contribution in [3.05, 3.63) is 35.4 Å². The lowest BCUT2D eigenvalue weighted by Gasteiger charge is -2.40. The van der Waals surface area contributed by atoms with Crippen LogP contribution in [0.2, 0.25) is 0 Å². The third-order valence-electron chi connectivity index (χ3n) is 8.13. The van der Waals surface area contributed by atoms with E-state index in [1.54, 1.807) is 11.0 Å². The third kappa shape index (κ3) is 10.1. The first-order valence-electron chi connectivity index (χ1n) is 13.4. The molecule has 3 fully saturated rings. The van der Waals surface area contributed by atoms with Crippen molar-refractivity contribution in [2.24, 2.45) is 11.7 Å². The molecule has 39 heavy (non-hydrogen) atoms. The zero-order valence-electron chi connectivity index (χ0n) is 22.2. The number of primary amides is 1. The van der Waals surface area contributed by atoms with E-state index in [4.69, 9.17) is 23.3 Å². The summed E-state index contributed by atoms with van der Waals surface area (Å²) in [5.41, 5.74) is 7.25. The maximum absolute atomic E-state index is 12.8. The molecule has 1 aromatic carbocycles. The van der Waals surface area contributed by atoms with Crippen LogP contribution in [0.4, 0.5) is 0 Å². The van der Waals surface area contributed by atoms with Crippen LogP contribution in [0.1, 0.15) is 79.6 Å². The van der Waals surface area contributed by atoms with Gasteiger partial charge in [0.25, 0.3) is 5.91 Å². The summed E-state index contributed by atoms with van der Waals surface area (Å²) in [6, 6.07) is 8.69. The Kier molecular flexibility index (Phi) is 12.7. The highest BCUT2D eigenvalue weighted by Crippen LogP contribution is 2.43. The summed E-state index contributed by atoms with van der Waals surface area (Å²) >= 11 is 0. The number of aliphatic hydroxyl groups is 2. The van der Waals surface area contributed by atoms with Crippen LogP contribution in [0.3, 0.4) is 0 Å². The predicted octanol–water partition coefficient (Wildman–Crippen LogP) is 0.781. The molecule has 1 aliphatic carbocycles. The highest BCUT2D eigenvalue weighted by atomic mass is 32.3. The molecule has 222 valence electrons. The Labute approximate surface area is 230 Å². The molecule has 0 unspecified atom stereocenters. The molecule has 2 saturated heterocycles. The van der Waals surface area contributed by atoms with Crippen LogP contribution in [-0.2, 0) is 15.2 Å². The quantitative estimate of drug-likeness (QED) is 0.264. The van der Waals surface area contributed by atoms with E-state index in [0.717, 1.165) is 45.1 Å². The number of rotatable bonds is 9. The summed E-state index contributed by atoms with van der Waals surface area (Å²) in [4.78, 5) is 28.7. The molecular weight excluding hydrogens is 530 g/mol. The van der Waals surface area contributed by atoms with Crippen molar-refractivity contribution in [2.75, 3.05) is 26.2 Å². The SMILES string of the molecule is NC(=O)c1cccc([C@H]2C[C@H]3CC[C@@H](C2)N3CCN(CC2CCCCC2)C(=O)[C@@H](O)CO)c1.O.O=S(=O)(O)O. The maximum atomic E-state index is 12.8. The first kappa shape index (κ1) is 33.1. The molecule has 4 atom stereocenters. The molecule has 8 N–H and O–H groups in total. The molecule has 1 saturated carbocycles. The molecule has 0 spiro atoms. The number of carbonyl (C=O) groups excluding carboxylic acids is 2. The van der Waals surface area contributed by atoms with Gasteiger partial charge in [0, 0.05) is 37.3 Å². The number of amides is 2. The Hall–Kier alpha value is -2.13. The Morgan fingerprint density at radius 3 is 2.18 bits per heavy atom. The van der Waals surface area contributed by atoms with Crippen LogP contribution in [0.25, 0.3) is 0 Å². The molecule has 2 heterocycles. The topological polar surface area (TPSA) is 213 Å². The van der Waals surface area contributed by atoms with Gasteiger partial charge in [-0.3, -0.25) is 23.6 Å². The number of piperidine rings is 1. The van der Waals surface area contributed by atoms with Gasteiger partial charge in [0.05, 0.1) is 6.61 Å². The molecule has 2 aliphatic heterocycles. The van der Waals surface area contributed by atoms with Gasteiger partial charge in [0.1, 0.15) is 0 Å². The zero-order valence-corrected chi connectivity index (χ0v) is 23.0. The van der Waals surface area contributed by atoms with E-state index in [1.165, 1.54) is 24.8 Å². The molecule has 4 rings (SSSR count). The second-order valence-electron chi connectivity index (χ2n) is 10.7. The van der Waals surface area contributed by atoms with Crippen molar-refractivity contribution in [1.29, 1.82) is 0 Å². The van der Waals surface area contributed by atoms with Gasteiger partial charge in [-0.2, -0.15) is 8.42 Å². The average molecular weight is 574 g/mol. The molecule has 12 nitrogen and oxygen atoms in total. The Morgan fingerprint density at radius 2 is 1.64 bits per heavy atom. The lowest BCUT2D eigenvalue weighted by Crippen LogP contribution is -2.50. The van der Waals surface area contributed by atoms with E-state index in [-0.39, 0.29) is 17.3 Å². The molecule has 2 amide bonds. The van der Waals surface area contributed by atoms with Gasteiger partial charge in [-0.25, -0.2) is 0 Å². The number of nitrogens with zero attached hydrogens (tertiary/aromatic N) is 2. The van der Waals surface area contributed by atoms with Crippen LogP contribution < -0.4 is 5.73 Å². The van der Waals surface area contributed by atoms with Crippen molar-refractivity contribution in [2.45, 2.75) is 81.9 Å². The Morgan fingerprint density at radius 1 is 1.05 bits per heavy atom. The van der Waals surface area contributed by atoms with Crippen LogP contribution in [-0.4, -0.2) is 99.3 Å². The second-order valence-corrected chi connectivity index (χ2v) is 11.6. The minimum Gasteiger partial charge on any atom is -0.412 e. The highest BCUT2D eigenvalue weighted by molar-refractivity contribution is 7.79. The minimum absolute atomic E-state index is 0. The van der Waals surface area contributed by atoms with E-state index in [0.29, 0.717) is 42.6 Å². The maximum Gasteiger partial charge on any atom is 0.394 e. The third-order valence-corrected chi connectivity index (χ3v) is 8.13. The first-order valence-corrected chi connectivity index (χ1v) is 14.8. The van der Waals surface area contributed by atoms with Gasteiger partial charge in [0.2, 0.25) is 5.91 Å². The number of aliphatic hydroxyl groups excluding tert-OH is 2. The number of fused-ring (bicyclic) bond motifs is 2. The summed E-state index contributed by atoms with van der Waals surface area (Å²) in [5.74, 6) is 0.196.